The van der Waals surface area contributed by atoms with Gasteiger partial charge in [-0.25, -0.2) is 0 Å². The largest absolute Gasteiger partial charge is 0.508 e. The van der Waals surface area contributed by atoms with E-state index in [2.05, 4.69) is 0 Å². The first kappa shape index (κ1) is 32.6. The highest BCUT2D eigenvalue weighted by molar-refractivity contribution is 6.10. The van der Waals surface area contributed by atoms with Crippen LogP contribution in [0.5, 0.6) is 46.0 Å². The van der Waals surface area contributed by atoms with Crippen LogP contribution < -0.4 is 18.9 Å². The predicted molar refractivity (Wildman–Crippen MR) is 165 cm³/mol. The Morgan fingerprint density at radius 3 is 1.14 bits per heavy atom. The number of aromatic hydroxyl groups is 4. The highest BCUT2D eigenvalue weighted by Gasteiger charge is 2.18. The summed E-state index contributed by atoms with van der Waals surface area (Å²) >= 11 is 0. The zero-order chi connectivity index (χ0) is 32.2. The maximum absolute atomic E-state index is 12.2. The molecule has 0 aliphatic carbocycles. The Bertz CT molecular complexity index is 1530. The summed E-state index contributed by atoms with van der Waals surface area (Å²) in [6.45, 7) is 0. The van der Waals surface area contributed by atoms with E-state index in [-0.39, 0.29) is 57.2 Å². The number of carbonyl (C=O) groups excluding carboxylic acids is 2. The monoisotopic (exact) mass is 600 g/mol. The summed E-state index contributed by atoms with van der Waals surface area (Å²) in [6.07, 6.45) is 5.87. The van der Waals surface area contributed by atoms with Gasteiger partial charge in [-0.05, 0) is 71.8 Å². The van der Waals surface area contributed by atoms with Gasteiger partial charge in [0.05, 0.1) is 39.6 Å². The van der Waals surface area contributed by atoms with Crippen LogP contribution in [0.15, 0.2) is 84.9 Å². The van der Waals surface area contributed by atoms with Crippen LogP contribution >= 0.6 is 0 Å². The normalized spacial score (nSPS) is 10.6. The average molecular weight is 601 g/mol. The Morgan fingerprint density at radius 1 is 0.500 bits per heavy atom. The summed E-state index contributed by atoms with van der Waals surface area (Å²) in [5.41, 5.74) is 1.75. The molecule has 0 aromatic heterocycles. The second-order valence-corrected chi connectivity index (χ2v) is 8.97. The number of phenols is 4. The molecule has 10 nitrogen and oxygen atoms in total. The molecule has 0 amide bonds. The predicted octanol–water partition coefficient (Wildman–Crippen LogP) is 6.02. The van der Waals surface area contributed by atoms with Gasteiger partial charge in [-0.2, -0.15) is 0 Å². The van der Waals surface area contributed by atoms with E-state index in [1.807, 2.05) is 0 Å². The van der Waals surface area contributed by atoms with Crippen LogP contribution in [0.1, 0.15) is 31.8 Å². The maximum Gasteiger partial charge on any atom is 0.203 e. The number of phenolic OH excluding ortho intramolecular Hbond substituents is 4. The third kappa shape index (κ3) is 8.10. The first-order valence-corrected chi connectivity index (χ1v) is 13.0. The van der Waals surface area contributed by atoms with Crippen LogP contribution in [0.4, 0.5) is 0 Å². The molecule has 4 rings (SSSR count). The fourth-order valence-corrected chi connectivity index (χ4v) is 3.91. The van der Waals surface area contributed by atoms with Crippen LogP contribution in [0.3, 0.4) is 0 Å². The Morgan fingerprint density at radius 2 is 0.841 bits per heavy atom. The third-order valence-corrected chi connectivity index (χ3v) is 6.21. The number of ketones is 2. The molecule has 0 atom stereocenters. The molecule has 228 valence electrons. The lowest BCUT2D eigenvalue weighted by atomic mass is 10.1. The van der Waals surface area contributed by atoms with E-state index >= 15 is 0 Å². The topological polar surface area (TPSA) is 152 Å². The number of hydrogen-bond donors (Lipinski definition) is 4. The summed E-state index contributed by atoms with van der Waals surface area (Å²) in [4.78, 5) is 24.4. The lowest BCUT2D eigenvalue weighted by Gasteiger charge is -2.11. The molecule has 0 unspecified atom stereocenters. The Kier molecular flexibility index (Phi) is 11.4. The smallest absolute Gasteiger partial charge is 0.203 e. The van der Waals surface area contributed by atoms with Crippen molar-refractivity contribution in [3.05, 3.63) is 107 Å². The van der Waals surface area contributed by atoms with Gasteiger partial charge in [-0.3, -0.25) is 9.59 Å². The van der Waals surface area contributed by atoms with Crippen LogP contribution in [-0.4, -0.2) is 60.4 Å². The second kappa shape index (κ2) is 15.4. The number of benzene rings is 4. The molecule has 4 aromatic rings. The van der Waals surface area contributed by atoms with Crippen molar-refractivity contribution >= 4 is 23.7 Å². The molecular weight excluding hydrogens is 568 g/mol. The van der Waals surface area contributed by atoms with Gasteiger partial charge in [-0.15, -0.1) is 0 Å². The van der Waals surface area contributed by atoms with Crippen molar-refractivity contribution in [1.82, 2.24) is 0 Å². The van der Waals surface area contributed by atoms with Gasteiger partial charge < -0.3 is 39.4 Å². The zero-order valence-electron chi connectivity index (χ0n) is 24.5. The van der Waals surface area contributed by atoms with E-state index in [0.717, 1.165) is 11.1 Å². The van der Waals surface area contributed by atoms with Crippen LogP contribution in [0, 0.1) is 0 Å². The maximum atomic E-state index is 12.2. The number of carbonyl (C=O) groups is 2. The van der Waals surface area contributed by atoms with E-state index in [9.17, 15) is 30.0 Å². The minimum atomic E-state index is -0.369. The van der Waals surface area contributed by atoms with E-state index in [0.29, 0.717) is 11.5 Å². The van der Waals surface area contributed by atoms with E-state index < -0.39 is 0 Å². The summed E-state index contributed by atoms with van der Waals surface area (Å²) in [5.74, 6) is -0.0274. The molecule has 0 saturated heterocycles. The summed E-state index contributed by atoms with van der Waals surface area (Å²) in [6, 6.07) is 18.9. The van der Waals surface area contributed by atoms with Crippen LogP contribution in [0.25, 0.3) is 12.2 Å². The standard InChI is InChI=1S/2C17H16O5/c2*1-21-15-10-8-13(16(20)17(15)22-2)14(19)9-5-11-3-6-12(18)7-4-11/h2*3-10,18,20H,1-2H3/b2*9-5+. The molecule has 4 aromatic carbocycles. The molecule has 0 aliphatic rings. The molecule has 10 heteroatoms. The highest BCUT2D eigenvalue weighted by atomic mass is 16.5. The Labute approximate surface area is 254 Å². The molecule has 0 bridgehead atoms. The second-order valence-electron chi connectivity index (χ2n) is 8.97. The van der Waals surface area contributed by atoms with Crippen molar-refractivity contribution in [3.8, 4) is 46.0 Å². The van der Waals surface area contributed by atoms with Gasteiger partial charge in [0.1, 0.15) is 11.5 Å². The zero-order valence-corrected chi connectivity index (χ0v) is 24.5. The molecule has 44 heavy (non-hydrogen) atoms. The number of allylic oxidation sites excluding steroid dienone is 2. The van der Waals surface area contributed by atoms with E-state index in [1.165, 1.54) is 77.0 Å². The molecule has 0 heterocycles. The molecule has 0 saturated carbocycles. The fraction of sp³-hybridized carbons (Fsp3) is 0.118. The summed E-state index contributed by atoms with van der Waals surface area (Å²) in [5, 5.41) is 38.6. The first-order valence-electron chi connectivity index (χ1n) is 13.0. The lowest BCUT2D eigenvalue weighted by Crippen LogP contribution is -1.99. The minimum Gasteiger partial charge on any atom is -0.508 e. The Hall–Kier alpha value is -5.90. The highest BCUT2D eigenvalue weighted by Crippen LogP contribution is 2.40. The van der Waals surface area contributed by atoms with Crippen LogP contribution in [0.2, 0.25) is 0 Å². The fourth-order valence-electron chi connectivity index (χ4n) is 3.91. The molecule has 0 spiro atoms. The molecule has 0 fully saturated rings. The van der Waals surface area contributed by atoms with Gasteiger partial charge >= 0.3 is 0 Å². The lowest BCUT2D eigenvalue weighted by molar-refractivity contribution is 0.103. The molecule has 4 N–H and O–H groups in total. The first-order chi connectivity index (χ1) is 21.1. The minimum absolute atomic E-state index is 0.117. The molecular formula is C34H32O10. The van der Waals surface area contributed by atoms with Gasteiger partial charge in [0.25, 0.3) is 0 Å². The summed E-state index contributed by atoms with van der Waals surface area (Å²) < 4.78 is 20.2. The SMILES string of the molecule is COc1ccc(C(=O)/C=C/c2ccc(O)cc2)c(O)c1OC.COc1ccc(C(=O)/C=C/c2ccc(O)cc2)c(O)c1OC. The molecule has 0 aliphatic heterocycles. The Balaban J connectivity index is 0.000000240. The number of methoxy groups -OCH3 is 4. The average Bonchev–Trinajstić information content (AvgIpc) is 3.03. The van der Waals surface area contributed by atoms with Gasteiger partial charge in [0, 0.05) is 0 Å². The number of ether oxygens (including phenoxy) is 4. The van der Waals surface area contributed by atoms with Crippen molar-refractivity contribution in [2.75, 3.05) is 28.4 Å². The summed E-state index contributed by atoms with van der Waals surface area (Å²) in [7, 11) is 5.67. The third-order valence-electron chi connectivity index (χ3n) is 6.21. The van der Waals surface area contributed by atoms with Gasteiger partial charge in [0.15, 0.2) is 34.6 Å². The quantitative estimate of drug-likeness (QED) is 0.126. The number of rotatable bonds is 10. The molecule has 0 radical (unpaired) electrons. The van der Waals surface area contributed by atoms with Crippen LogP contribution in [-0.2, 0) is 0 Å². The van der Waals surface area contributed by atoms with Crippen molar-refractivity contribution in [1.29, 1.82) is 0 Å². The van der Waals surface area contributed by atoms with Crippen molar-refractivity contribution in [2.24, 2.45) is 0 Å². The van der Waals surface area contributed by atoms with Crippen molar-refractivity contribution in [3.63, 3.8) is 0 Å². The van der Waals surface area contributed by atoms with Crippen molar-refractivity contribution in [2.45, 2.75) is 0 Å². The van der Waals surface area contributed by atoms with Gasteiger partial charge in [0.2, 0.25) is 11.5 Å². The number of hydrogen-bond acceptors (Lipinski definition) is 10. The van der Waals surface area contributed by atoms with Crippen molar-refractivity contribution < 1.29 is 49.0 Å². The van der Waals surface area contributed by atoms with E-state index in [4.69, 9.17) is 18.9 Å². The van der Waals surface area contributed by atoms with Gasteiger partial charge in [-0.1, -0.05) is 36.4 Å². The van der Waals surface area contributed by atoms with E-state index in [1.54, 1.807) is 48.6 Å².